The summed E-state index contributed by atoms with van der Waals surface area (Å²) in [5, 5.41) is 2.70. The van der Waals surface area contributed by atoms with E-state index in [4.69, 9.17) is 4.74 Å². The molecule has 24 heavy (non-hydrogen) atoms. The SMILES string of the molecule is CC1(C)C[C@@]2(NC(=O)N(Cc3c(F)cccc3F)C2=O)C(C)(C)O1. The van der Waals surface area contributed by atoms with E-state index in [1.807, 2.05) is 13.8 Å². The highest BCUT2D eigenvalue weighted by molar-refractivity contribution is 6.08. The molecular formula is C17H20F2N2O3. The molecule has 3 amide bonds. The minimum absolute atomic E-state index is 0.286. The lowest BCUT2D eigenvalue weighted by molar-refractivity contribution is -0.138. The molecule has 1 aromatic rings. The van der Waals surface area contributed by atoms with E-state index in [-0.39, 0.29) is 12.0 Å². The van der Waals surface area contributed by atoms with Crippen LogP contribution in [0.25, 0.3) is 0 Å². The van der Waals surface area contributed by atoms with Crippen LogP contribution in [0.5, 0.6) is 0 Å². The number of rotatable bonds is 2. The molecule has 1 aromatic carbocycles. The Labute approximate surface area is 139 Å². The third kappa shape index (κ3) is 2.30. The number of amides is 3. The summed E-state index contributed by atoms with van der Waals surface area (Å²) in [6, 6.07) is 2.76. The summed E-state index contributed by atoms with van der Waals surface area (Å²) >= 11 is 0. The second kappa shape index (κ2) is 4.99. The van der Waals surface area contributed by atoms with Crippen LogP contribution in [0.3, 0.4) is 0 Å². The molecule has 2 aliphatic rings. The molecule has 0 radical (unpaired) electrons. The Morgan fingerprint density at radius 1 is 1.17 bits per heavy atom. The zero-order valence-electron chi connectivity index (χ0n) is 14.1. The van der Waals surface area contributed by atoms with Crippen molar-refractivity contribution in [1.29, 1.82) is 0 Å². The predicted molar refractivity (Wildman–Crippen MR) is 82.0 cm³/mol. The lowest BCUT2D eigenvalue weighted by Crippen LogP contribution is -2.59. The summed E-state index contributed by atoms with van der Waals surface area (Å²) in [7, 11) is 0. The summed E-state index contributed by atoms with van der Waals surface area (Å²) in [5.41, 5.74) is -3.10. The molecule has 0 unspecified atom stereocenters. The number of carbonyl (C=O) groups is 2. The minimum Gasteiger partial charge on any atom is -0.367 e. The van der Waals surface area contributed by atoms with E-state index in [0.29, 0.717) is 0 Å². The number of nitrogens with one attached hydrogen (secondary N) is 1. The summed E-state index contributed by atoms with van der Waals surface area (Å²) in [4.78, 5) is 26.2. The van der Waals surface area contributed by atoms with Crippen molar-refractivity contribution < 1.29 is 23.1 Å². The number of hydrogen-bond acceptors (Lipinski definition) is 3. The molecule has 3 rings (SSSR count). The number of carbonyl (C=O) groups excluding carboxylic acids is 2. The van der Waals surface area contributed by atoms with Crippen LogP contribution in [0.1, 0.15) is 39.7 Å². The van der Waals surface area contributed by atoms with Gasteiger partial charge in [0.25, 0.3) is 5.91 Å². The maximum absolute atomic E-state index is 13.9. The fourth-order valence-corrected chi connectivity index (χ4v) is 3.80. The number of nitrogens with zero attached hydrogens (tertiary/aromatic N) is 1. The van der Waals surface area contributed by atoms with Gasteiger partial charge in [-0.2, -0.15) is 0 Å². The van der Waals surface area contributed by atoms with E-state index in [1.165, 1.54) is 6.07 Å². The molecule has 130 valence electrons. The first-order chi connectivity index (χ1) is 11.0. The molecule has 2 fully saturated rings. The van der Waals surface area contributed by atoms with Crippen LogP contribution in [0.4, 0.5) is 13.6 Å². The van der Waals surface area contributed by atoms with E-state index in [1.54, 1.807) is 13.8 Å². The monoisotopic (exact) mass is 338 g/mol. The van der Waals surface area contributed by atoms with Crippen molar-refractivity contribution in [1.82, 2.24) is 10.2 Å². The number of urea groups is 1. The third-order valence-electron chi connectivity index (χ3n) is 4.80. The van der Waals surface area contributed by atoms with Gasteiger partial charge in [-0.05, 0) is 39.8 Å². The summed E-state index contributed by atoms with van der Waals surface area (Å²) in [6.45, 7) is 6.67. The minimum atomic E-state index is -1.24. The maximum atomic E-state index is 13.9. The van der Waals surface area contributed by atoms with Gasteiger partial charge in [-0.3, -0.25) is 9.69 Å². The normalized spacial score (nSPS) is 27.8. The van der Waals surface area contributed by atoms with Crippen LogP contribution in [-0.2, 0) is 16.1 Å². The highest BCUT2D eigenvalue weighted by Crippen LogP contribution is 2.48. The first-order valence-electron chi connectivity index (χ1n) is 7.76. The van der Waals surface area contributed by atoms with Gasteiger partial charge < -0.3 is 10.1 Å². The van der Waals surface area contributed by atoms with Gasteiger partial charge >= 0.3 is 6.03 Å². The van der Waals surface area contributed by atoms with Crippen LogP contribution >= 0.6 is 0 Å². The van der Waals surface area contributed by atoms with Gasteiger partial charge in [-0.25, -0.2) is 13.6 Å². The molecular weight excluding hydrogens is 318 g/mol. The lowest BCUT2D eigenvalue weighted by Gasteiger charge is -2.33. The molecule has 0 bridgehead atoms. The number of halogens is 2. The predicted octanol–water partition coefficient (Wildman–Crippen LogP) is 2.73. The van der Waals surface area contributed by atoms with Gasteiger partial charge in [-0.15, -0.1) is 0 Å². The number of benzene rings is 1. The number of hydrogen-bond donors (Lipinski definition) is 1. The topological polar surface area (TPSA) is 58.6 Å². The van der Waals surface area contributed by atoms with Crippen LogP contribution < -0.4 is 5.32 Å². The molecule has 2 heterocycles. The van der Waals surface area contributed by atoms with Crippen LogP contribution in [-0.4, -0.2) is 33.6 Å². The largest absolute Gasteiger partial charge is 0.367 e. The smallest absolute Gasteiger partial charge is 0.325 e. The van der Waals surface area contributed by atoms with E-state index in [2.05, 4.69) is 5.32 Å². The van der Waals surface area contributed by atoms with Gasteiger partial charge in [0.1, 0.15) is 11.6 Å². The van der Waals surface area contributed by atoms with Crippen molar-refractivity contribution >= 4 is 11.9 Å². The fourth-order valence-electron chi connectivity index (χ4n) is 3.80. The van der Waals surface area contributed by atoms with E-state index in [9.17, 15) is 18.4 Å². The van der Waals surface area contributed by atoms with Crippen LogP contribution in [0.15, 0.2) is 18.2 Å². The highest BCUT2D eigenvalue weighted by Gasteiger charge is 2.67. The van der Waals surface area contributed by atoms with Crippen molar-refractivity contribution in [2.75, 3.05) is 0 Å². The van der Waals surface area contributed by atoms with Crippen molar-refractivity contribution in [3.05, 3.63) is 35.4 Å². The second-order valence-corrected chi connectivity index (χ2v) is 7.48. The standard InChI is InChI=1S/C17H20F2N2O3/c1-15(2)9-17(16(3,4)24-15)13(22)21(14(23)20-17)8-10-11(18)6-5-7-12(10)19/h5-7H,8-9H2,1-4H3,(H,20,23)/t17-/m0/s1. The van der Waals surface area contributed by atoms with Gasteiger partial charge in [0.2, 0.25) is 0 Å². The molecule has 7 heteroatoms. The molecule has 1 N–H and O–H groups in total. The van der Waals surface area contributed by atoms with E-state index < -0.39 is 46.9 Å². The van der Waals surface area contributed by atoms with E-state index >= 15 is 0 Å². The number of ether oxygens (including phenoxy) is 1. The Bertz CT molecular complexity index is 712. The summed E-state index contributed by atoms with van der Waals surface area (Å²) in [5.74, 6) is -2.11. The Morgan fingerprint density at radius 3 is 2.25 bits per heavy atom. The average molecular weight is 338 g/mol. The zero-order chi connectivity index (χ0) is 17.9. The quantitative estimate of drug-likeness (QED) is 0.844. The fraction of sp³-hybridized carbons (Fsp3) is 0.529. The maximum Gasteiger partial charge on any atom is 0.325 e. The molecule has 1 spiro atoms. The second-order valence-electron chi connectivity index (χ2n) is 7.48. The lowest BCUT2D eigenvalue weighted by atomic mass is 9.79. The Balaban J connectivity index is 1.96. The van der Waals surface area contributed by atoms with Crippen molar-refractivity contribution in [2.24, 2.45) is 0 Å². The highest BCUT2D eigenvalue weighted by atomic mass is 19.1. The van der Waals surface area contributed by atoms with Gasteiger partial charge in [0, 0.05) is 12.0 Å². The number of imide groups is 1. The van der Waals surface area contributed by atoms with Gasteiger partial charge in [0.15, 0.2) is 5.54 Å². The Morgan fingerprint density at radius 2 is 1.75 bits per heavy atom. The van der Waals surface area contributed by atoms with Crippen LogP contribution in [0.2, 0.25) is 0 Å². The van der Waals surface area contributed by atoms with E-state index in [0.717, 1.165) is 17.0 Å². The summed E-state index contributed by atoms with van der Waals surface area (Å²) in [6.07, 6.45) is 0.286. The van der Waals surface area contributed by atoms with Gasteiger partial charge in [0.05, 0.1) is 17.7 Å². The zero-order valence-corrected chi connectivity index (χ0v) is 14.1. The summed E-state index contributed by atoms with van der Waals surface area (Å²) < 4.78 is 33.7. The molecule has 1 atom stereocenters. The molecule has 0 aliphatic carbocycles. The van der Waals surface area contributed by atoms with Gasteiger partial charge in [-0.1, -0.05) is 6.07 Å². The third-order valence-corrected chi connectivity index (χ3v) is 4.80. The first-order valence-corrected chi connectivity index (χ1v) is 7.76. The van der Waals surface area contributed by atoms with Crippen LogP contribution in [0, 0.1) is 11.6 Å². The molecule has 2 aliphatic heterocycles. The molecule has 0 aromatic heterocycles. The average Bonchev–Trinajstić information content (AvgIpc) is 2.76. The molecule has 5 nitrogen and oxygen atoms in total. The van der Waals surface area contributed by atoms with Crippen molar-refractivity contribution in [3.63, 3.8) is 0 Å². The van der Waals surface area contributed by atoms with Crippen molar-refractivity contribution in [3.8, 4) is 0 Å². The Hall–Kier alpha value is -2.02. The first kappa shape index (κ1) is 16.8. The molecule has 2 saturated heterocycles. The van der Waals surface area contributed by atoms with Crippen molar-refractivity contribution in [2.45, 2.75) is 57.4 Å². The molecule has 0 saturated carbocycles. The Kier molecular flexibility index (Phi) is 3.50.